The van der Waals surface area contributed by atoms with E-state index in [1.54, 1.807) is 0 Å². The Balaban J connectivity index is 1.68. The molecule has 1 fully saturated rings. The van der Waals surface area contributed by atoms with Gasteiger partial charge in [-0.15, -0.1) is 0 Å². The maximum atomic E-state index is 12.2. The summed E-state index contributed by atoms with van der Waals surface area (Å²) in [5.74, 6) is 0. The van der Waals surface area contributed by atoms with Gasteiger partial charge in [-0.3, -0.25) is 0 Å². The van der Waals surface area contributed by atoms with Crippen molar-refractivity contribution in [1.29, 1.82) is 0 Å². The van der Waals surface area contributed by atoms with Crippen LogP contribution in [0.25, 0.3) is 0 Å². The van der Waals surface area contributed by atoms with Crippen LogP contribution in [0.1, 0.15) is 76.2 Å². The number of halogens is 1. The van der Waals surface area contributed by atoms with Crippen LogP contribution in [-0.4, -0.2) is 18.6 Å². The highest BCUT2D eigenvalue weighted by Crippen LogP contribution is 2.17. The van der Waals surface area contributed by atoms with Crippen molar-refractivity contribution in [2.45, 2.75) is 83.1 Å². The first kappa shape index (κ1) is 20.1. The van der Waals surface area contributed by atoms with E-state index < -0.39 is 0 Å². The van der Waals surface area contributed by atoms with E-state index >= 15 is 0 Å². The van der Waals surface area contributed by atoms with Crippen molar-refractivity contribution in [3.63, 3.8) is 0 Å². The van der Waals surface area contributed by atoms with Crippen molar-refractivity contribution in [3.8, 4) is 0 Å². The molecule has 0 unspecified atom stereocenters. The Bertz CT molecular complexity index is 494. The summed E-state index contributed by atoms with van der Waals surface area (Å²) in [6.45, 7) is 0.638. The molecular formula is C21H33ClN2O. The molecule has 2 amide bonds. The highest BCUT2D eigenvalue weighted by atomic mass is 35.5. The fourth-order valence-corrected chi connectivity index (χ4v) is 3.77. The van der Waals surface area contributed by atoms with E-state index in [1.807, 2.05) is 24.3 Å². The fourth-order valence-electron chi connectivity index (χ4n) is 3.56. The first-order chi connectivity index (χ1) is 12.2. The number of amides is 2. The van der Waals surface area contributed by atoms with Crippen LogP contribution < -0.4 is 10.6 Å². The standard InChI is InChI=1S/C21H33ClN2O/c22-19-12-10-11-18(17-19)15-16-23-21(25)24-20-13-8-6-4-2-1-3-5-7-9-14-20/h10-12,17,20H,1-9,13-16H2,(H2,23,24,25). The predicted molar refractivity (Wildman–Crippen MR) is 106 cm³/mol. The normalized spacial score (nSPS) is 18.0. The van der Waals surface area contributed by atoms with E-state index in [4.69, 9.17) is 11.6 Å². The van der Waals surface area contributed by atoms with E-state index in [1.165, 1.54) is 57.8 Å². The summed E-state index contributed by atoms with van der Waals surface area (Å²) in [7, 11) is 0. The van der Waals surface area contributed by atoms with Gasteiger partial charge in [0.1, 0.15) is 0 Å². The number of carbonyl (C=O) groups excluding carboxylic acids is 1. The molecular weight excluding hydrogens is 332 g/mol. The molecule has 0 radical (unpaired) electrons. The number of carbonyl (C=O) groups is 1. The molecule has 1 aromatic carbocycles. The van der Waals surface area contributed by atoms with Gasteiger partial charge in [0.05, 0.1) is 0 Å². The second-order valence-electron chi connectivity index (χ2n) is 7.24. The van der Waals surface area contributed by atoms with E-state index in [0.29, 0.717) is 12.6 Å². The lowest BCUT2D eigenvalue weighted by atomic mass is 9.98. The lowest BCUT2D eigenvalue weighted by Gasteiger charge is -2.20. The first-order valence-corrected chi connectivity index (χ1v) is 10.4. The van der Waals surface area contributed by atoms with Gasteiger partial charge in [-0.25, -0.2) is 4.79 Å². The largest absolute Gasteiger partial charge is 0.338 e. The van der Waals surface area contributed by atoms with Crippen LogP contribution in [-0.2, 0) is 6.42 Å². The highest BCUT2D eigenvalue weighted by molar-refractivity contribution is 6.30. The number of rotatable bonds is 4. The monoisotopic (exact) mass is 364 g/mol. The zero-order chi connectivity index (χ0) is 17.7. The molecule has 1 aliphatic rings. The summed E-state index contributed by atoms with van der Waals surface area (Å²) in [5, 5.41) is 6.93. The average Bonchev–Trinajstić information content (AvgIpc) is 2.57. The van der Waals surface area contributed by atoms with Gasteiger partial charge in [0.25, 0.3) is 0 Å². The Morgan fingerprint density at radius 3 is 2.16 bits per heavy atom. The quantitative estimate of drug-likeness (QED) is 0.690. The van der Waals surface area contributed by atoms with Crippen molar-refractivity contribution in [3.05, 3.63) is 34.9 Å². The van der Waals surface area contributed by atoms with Crippen molar-refractivity contribution < 1.29 is 4.79 Å². The van der Waals surface area contributed by atoms with Crippen molar-refractivity contribution >= 4 is 17.6 Å². The Morgan fingerprint density at radius 1 is 0.960 bits per heavy atom. The van der Waals surface area contributed by atoms with E-state index in [0.717, 1.165) is 29.8 Å². The molecule has 25 heavy (non-hydrogen) atoms. The van der Waals surface area contributed by atoms with Crippen LogP contribution in [0.5, 0.6) is 0 Å². The molecule has 2 N–H and O–H groups in total. The van der Waals surface area contributed by atoms with Gasteiger partial charge in [0.15, 0.2) is 0 Å². The molecule has 0 heterocycles. The van der Waals surface area contributed by atoms with Crippen LogP contribution in [0.4, 0.5) is 4.79 Å². The summed E-state index contributed by atoms with van der Waals surface area (Å²) in [5.41, 5.74) is 1.15. The molecule has 0 aromatic heterocycles. The molecule has 4 heteroatoms. The molecule has 3 nitrogen and oxygen atoms in total. The average molecular weight is 365 g/mol. The zero-order valence-corrected chi connectivity index (χ0v) is 16.1. The Hall–Kier alpha value is -1.22. The van der Waals surface area contributed by atoms with Crippen molar-refractivity contribution in [2.24, 2.45) is 0 Å². The van der Waals surface area contributed by atoms with Crippen LogP contribution in [0, 0.1) is 0 Å². The molecule has 0 bridgehead atoms. The molecule has 2 rings (SSSR count). The summed E-state index contributed by atoms with van der Waals surface area (Å²) in [6.07, 6.45) is 14.9. The predicted octanol–water partition coefficient (Wildman–Crippen LogP) is 5.86. The molecule has 140 valence electrons. The maximum Gasteiger partial charge on any atom is 0.315 e. The third-order valence-corrected chi connectivity index (χ3v) is 5.26. The van der Waals surface area contributed by atoms with Gasteiger partial charge in [-0.2, -0.15) is 0 Å². The Labute approximate surface area is 157 Å². The lowest BCUT2D eigenvalue weighted by molar-refractivity contribution is 0.234. The lowest BCUT2D eigenvalue weighted by Crippen LogP contribution is -2.42. The number of urea groups is 1. The smallest absolute Gasteiger partial charge is 0.315 e. The zero-order valence-electron chi connectivity index (χ0n) is 15.4. The van der Waals surface area contributed by atoms with Crippen molar-refractivity contribution in [2.75, 3.05) is 6.54 Å². The molecule has 1 saturated carbocycles. The summed E-state index contributed by atoms with van der Waals surface area (Å²) in [4.78, 5) is 12.2. The molecule has 1 aliphatic carbocycles. The minimum absolute atomic E-state index is 0.0286. The topological polar surface area (TPSA) is 41.1 Å². The van der Waals surface area contributed by atoms with Gasteiger partial charge >= 0.3 is 6.03 Å². The van der Waals surface area contributed by atoms with E-state index in [-0.39, 0.29) is 6.03 Å². The third-order valence-electron chi connectivity index (χ3n) is 5.03. The molecule has 0 saturated heterocycles. The van der Waals surface area contributed by atoms with Gasteiger partial charge in [-0.05, 0) is 37.0 Å². The number of hydrogen-bond donors (Lipinski definition) is 2. The van der Waals surface area contributed by atoms with Crippen molar-refractivity contribution in [1.82, 2.24) is 10.6 Å². The van der Waals surface area contributed by atoms with Crippen LogP contribution in [0.2, 0.25) is 5.02 Å². The fraction of sp³-hybridized carbons (Fsp3) is 0.667. The summed E-state index contributed by atoms with van der Waals surface area (Å²) in [6, 6.07) is 8.11. The SMILES string of the molecule is O=C(NCCc1cccc(Cl)c1)NC1CCCCCCCCCCC1. The second-order valence-corrected chi connectivity index (χ2v) is 7.67. The summed E-state index contributed by atoms with van der Waals surface area (Å²) < 4.78 is 0. The maximum absolute atomic E-state index is 12.2. The van der Waals surface area contributed by atoms with E-state index in [2.05, 4.69) is 10.6 Å². The second kappa shape index (κ2) is 12.2. The van der Waals surface area contributed by atoms with Gasteiger partial charge in [-0.1, -0.05) is 81.5 Å². The molecule has 0 spiro atoms. The number of nitrogens with one attached hydrogen (secondary N) is 2. The Morgan fingerprint density at radius 2 is 1.56 bits per heavy atom. The minimum Gasteiger partial charge on any atom is -0.338 e. The van der Waals surface area contributed by atoms with Crippen LogP contribution in [0.15, 0.2) is 24.3 Å². The van der Waals surface area contributed by atoms with Gasteiger partial charge < -0.3 is 10.6 Å². The van der Waals surface area contributed by atoms with Gasteiger partial charge in [0.2, 0.25) is 0 Å². The molecule has 0 atom stereocenters. The van der Waals surface area contributed by atoms with Gasteiger partial charge in [0, 0.05) is 17.6 Å². The molecule has 0 aliphatic heterocycles. The highest BCUT2D eigenvalue weighted by Gasteiger charge is 2.12. The first-order valence-electron chi connectivity index (χ1n) is 10.0. The third kappa shape index (κ3) is 9.15. The summed E-state index contributed by atoms with van der Waals surface area (Å²) >= 11 is 5.99. The van der Waals surface area contributed by atoms with E-state index in [9.17, 15) is 4.79 Å². The number of benzene rings is 1. The Kier molecular flexibility index (Phi) is 9.79. The number of hydrogen-bond acceptors (Lipinski definition) is 1. The molecule has 1 aromatic rings. The van der Waals surface area contributed by atoms with Crippen LogP contribution in [0.3, 0.4) is 0 Å². The minimum atomic E-state index is -0.0286. The van der Waals surface area contributed by atoms with Crippen LogP contribution >= 0.6 is 11.6 Å².